The third-order valence-electron chi connectivity index (χ3n) is 2.65. The number of aromatic nitrogens is 3. The number of nitrogens with one attached hydrogen (secondary N) is 2. The molecule has 1 amide bonds. The second kappa shape index (κ2) is 7.18. The molecule has 0 bridgehead atoms. The van der Waals surface area contributed by atoms with Crippen molar-refractivity contribution in [1.29, 1.82) is 0 Å². The lowest BCUT2D eigenvalue weighted by atomic mass is 10.2. The van der Waals surface area contributed by atoms with E-state index in [4.69, 9.17) is 0 Å². The zero-order valence-corrected chi connectivity index (χ0v) is 11.3. The molecule has 2 N–H and O–H groups in total. The summed E-state index contributed by atoms with van der Waals surface area (Å²) in [5, 5.41) is 13.6. The number of nitrogens with zero attached hydrogens (tertiary/aromatic N) is 3. The lowest BCUT2D eigenvalue weighted by molar-refractivity contribution is 0.0948. The van der Waals surface area contributed by atoms with Crippen LogP contribution in [-0.2, 0) is 6.42 Å². The molecule has 0 fully saturated rings. The molecule has 0 radical (unpaired) electrons. The first-order valence-corrected chi connectivity index (χ1v) is 6.55. The van der Waals surface area contributed by atoms with Gasteiger partial charge < -0.3 is 10.6 Å². The summed E-state index contributed by atoms with van der Waals surface area (Å²) in [5.41, 5.74) is 1.26. The summed E-state index contributed by atoms with van der Waals surface area (Å²) in [6, 6.07) is 9.11. The molecule has 0 saturated carbocycles. The van der Waals surface area contributed by atoms with Crippen molar-refractivity contribution in [3.63, 3.8) is 0 Å². The van der Waals surface area contributed by atoms with E-state index in [1.807, 2.05) is 25.1 Å². The number of hydrogen-bond donors (Lipinski definition) is 2. The molecule has 2 heterocycles. The maximum Gasteiger partial charge on any atom is 0.271 e. The molecule has 0 aromatic carbocycles. The van der Waals surface area contributed by atoms with E-state index < -0.39 is 0 Å². The van der Waals surface area contributed by atoms with Gasteiger partial charge in [-0.1, -0.05) is 6.07 Å². The summed E-state index contributed by atoms with van der Waals surface area (Å²) >= 11 is 0. The molecule has 0 saturated heterocycles. The van der Waals surface area contributed by atoms with Crippen LogP contribution in [0, 0.1) is 0 Å². The van der Waals surface area contributed by atoms with Crippen LogP contribution in [0.4, 0.5) is 5.82 Å². The van der Waals surface area contributed by atoms with E-state index in [0.29, 0.717) is 24.5 Å². The first kappa shape index (κ1) is 13.9. The quantitative estimate of drug-likeness (QED) is 0.827. The minimum atomic E-state index is -0.225. The molecule has 0 aliphatic rings. The maximum atomic E-state index is 11.8. The van der Waals surface area contributed by atoms with Crippen LogP contribution in [0.25, 0.3) is 0 Å². The van der Waals surface area contributed by atoms with E-state index in [2.05, 4.69) is 25.8 Å². The Kier molecular flexibility index (Phi) is 5.00. The summed E-state index contributed by atoms with van der Waals surface area (Å²) < 4.78 is 0. The fourth-order valence-electron chi connectivity index (χ4n) is 1.67. The molecule has 6 heteroatoms. The zero-order chi connectivity index (χ0) is 14.2. The Hall–Kier alpha value is -2.50. The zero-order valence-electron chi connectivity index (χ0n) is 11.3. The minimum Gasteiger partial charge on any atom is -0.369 e. The van der Waals surface area contributed by atoms with E-state index in [-0.39, 0.29) is 5.91 Å². The summed E-state index contributed by atoms with van der Waals surface area (Å²) in [6.45, 7) is 3.26. The van der Waals surface area contributed by atoms with Gasteiger partial charge in [0.2, 0.25) is 0 Å². The number of hydrogen-bond acceptors (Lipinski definition) is 5. The Morgan fingerprint density at radius 1 is 1.20 bits per heavy atom. The minimum absolute atomic E-state index is 0.225. The van der Waals surface area contributed by atoms with Crippen LogP contribution in [-0.4, -0.2) is 34.2 Å². The summed E-state index contributed by atoms with van der Waals surface area (Å²) in [4.78, 5) is 16.0. The maximum absolute atomic E-state index is 11.8. The molecule has 2 rings (SSSR count). The van der Waals surface area contributed by atoms with Crippen LogP contribution in [0.2, 0.25) is 0 Å². The Labute approximate surface area is 117 Å². The first-order valence-electron chi connectivity index (χ1n) is 6.55. The molecular weight excluding hydrogens is 254 g/mol. The highest BCUT2D eigenvalue weighted by molar-refractivity contribution is 5.92. The fraction of sp³-hybridized carbons (Fsp3) is 0.286. The van der Waals surface area contributed by atoms with Gasteiger partial charge in [-0.2, -0.15) is 0 Å². The third-order valence-corrected chi connectivity index (χ3v) is 2.65. The molecule has 0 unspecified atom stereocenters. The van der Waals surface area contributed by atoms with E-state index in [9.17, 15) is 4.79 Å². The first-order chi connectivity index (χ1) is 9.79. The van der Waals surface area contributed by atoms with E-state index in [1.165, 1.54) is 0 Å². The van der Waals surface area contributed by atoms with E-state index >= 15 is 0 Å². The van der Waals surface area contributed by atoms with Crippen LogP contribution >= 0.6 is 0 Å². The number of amides is 1. The van der Waals surface area contributed by atoms with Crippen molar-refractivity contribution in [2.75, 3.05) is 18.4 Å². The highest BCUT2D eigenvalue weighted by Crippen LogP contribution is 2.01. The average molecular weight is 271 g/mol. The molecule has 2 aromatic heterocycles. The second-order valence-electron chi connectivity index (χ2n) is 4.16. The number of carbonyl (C=O) groups excluding carboxylic acids is 1. The normalized spacial score (nSPS) is 10.1. The highest BCUT2D eigenvalue weighted by Gasteiger charge is 2.07. The Balaban J connectivity index is 1.82. The molecule has 0 atom stereocenters. The van der Waals surface area contributed by atoms with Crippen LogP contribution in [0.1, 0.15) is 23.1 Å². The molecule has 0 aliphatic heterocycles. The van der Waals surface area contributed by atoms with Crippen molar-refractivity contribution in [3.8, 4) is 0 Å². The van der Waals surface area contributed by atoms with E-state index in [1.54, 1.807) is 18.3 Å². The lowest BCUT2D eigenvalue weighted by Gasteiger charge is -2.05. The monoisotopic (exact) mass is 271 g/mol. The highest BCUT2D eigenvalue weighted by atomic mass is 16.1. The number of rotatable bonds is 6. The van der Waals surface area contributed by atoms with Crippen LogP contribution in [0.5, 0.6) is 0 Å². The fourth-order valence-corrected chi connectivity index (χ4v) is 1.67. The predicted octanol–water partition coefficient (Wildman–Crippen LogP) is 1.28. The molecule has 0 spiro atoms. The molecule has 0 aliphatic carbocycles. The molecule has 2 aromatic rings. The van der Waals surface area contributed by atoms with Crippen molar-refractivity contribution < 1.29 is 4.79 Å². The van der Waals surface area contributed by atoms with Gasteiger partial charge in [0.15, 0.2) is 5.69 Å². The Bertz CT molecular complexity index is 541. The summed E-state index contributed by atoms with van der Waals surface area (Å²) in [6.07, 6.45) is 2.43. The van der Waals surface area contributed by atoms with Crippen molar-refractivity contribution in [1.82, 2.24) is 20.5 Å². The van der Waals surface area contributed by atoms with Gasteiger partial charge >= 0.3 is 0 Å². The lowest BCUT2D eigenvalue weighted by Crippen LogP contribution is -2.27. The van der Waals surface area contributed by atoms with Crippen LogP contribution in [0.3, 0.4) is 0 Å². The average Bonchev–Trinajstić information content (AvgIpc) is 2.49. The van der Waals surface area contributed by atoms with Gasteiger partial charge in [0.05, 0.1) is 0 Å². The van der Waals surface area contributed by atoms with E-state index in [0.717, 1.165) is 12.2 Å². The standard InChI is InChI=1S/C14H17N5O/c1-2-15-13-7-6-12(18-19-13)14(20)17-10-8-11-5-3-4-9-16-11/h3-7,9H,2,8,10H2,1H3,(H,15,19)(H,17,20). The van der Waals surface area contributed by atoms with Crippen LogP contribution < -0.4 is 10.6 Å². The Morgan fingerprint density at radius 3 is 2.75 bits per heavy atom. The summed E-state index contributed by atoms with van der Waals surface area (Å²) in [7, 11) is 0. The van der Waals surface area contributed by atoms with Crippen molar-refractivity contribution in [3.05, 3.63) is 47.9 Å². The van der Waals surface area contributed by atoms with Gasteiger partial charge in [-0.3, -0.25) is 9.78 Å². The van der Waals surface area contributed by atoms with Gasteiger partial charge in [0.25, 0.3) is 5.91 Å². The second-order valence-corrected chi connectivity index (χ2v) is 4.16. The number of anilines is 1. The van der Waals surface area contributed by atoms with Gasteiger partial charge in [-0.25, -0.2) is 0 Å². The predicted molar refractivity (Wildman–Crippen MR) is 76.5 cm³/mol. The number of carbonyl (C=O) groups is 1. The van der Waals surface area contributed by atoms with Gasteiger partial charge in [0.1, 0.15) is 5.82 Å². The molecule has 6 nitrogen and oxygen atoms in total. The SMILES string of the molecule is CCNc1ccc(C(=O)NCCc2ccccn2)nn1. The largest absolute Gasteiger partial charge is 0.369 e. The van der Waals surface area contributed by atoms with Gasteiger partial charge in [-0.05, 0) is 31.2 Å². The van der Waals surface area contributed by atoms with Crippen molar-refractivity contribution in [2.45, 2.75) is 13.3 Å². The van der Waals surface area contributed by atoms with Crippen molar-refractivity contribution in [2.24, 2.45) is 0 Å². The van der Waals surface area contributed by atoms with Gasteiger partial charge in [0, 0.05) is 31.4 Å². The van der Waals surface area contributed by atoms with Crippen molar-refractivity contribution >= 4 is 11.7 Å². The van der Waals surface area contributed by atoms with Crippen LogP contribution in [0.15, 0.2) is 36.5 Å². The number of pyridine rings is 1. The topological polar surface area (TPSA) is 79.8 Å². The van der Waals surface area contributed by atoms with Gasteiger partial charge in [-0.15, -0.1) is 10.2 Å². The third kappa shape index (κ3) is 4.01. The molecule has 104 valence electrons. The Morgan fingerprint density at radius 2 is 2.10 bits per heavy atom. The molecular formula is C14H17N5O. The smallest absolute Gasteiger partial charge is 0.271 e. The molecule has 20 heavy (non-hydrogen) atoms. The summed E-state index contributed by atoms with van der Waals surface area (Å²) in [5.74, 6) is 0.439.